The van der Waals surface area contributed by atoms with E-state index in [0.717, 1.165) is 56.5 Å². The number of halogens is 1. The van der Waals surface area contributed by atoms with Gasteiger partial charge in [0.15, 0.2) is 0 Å². The first-order valence-electron chi connectivity index (χ1n) is 11.4. The van der Waals surface area contributed by atoms with Crippen LogP contribution in [0, 0.1) is 17.8 Å². The zero-order valence-corrected chi connectivity index (χ0v) is 20.8. The summed E-state index contributed by atoms with van der Waals surface area (Å²) in [7, 11) is -3.49. The molecule has 5 nitrogen and oxygen atoms in total. The van der Waals surface area contributed by atoms with Crippen LogP contribution >= 0.6 is 22.9 Å². The fourth-order valence-electron chi connectivity index (χ4n) is 4.97. The second-order valence-electron chi connectivity index (χ2n) is 9.05. The Kier molecular flexibility index (Phi) is 7.60. The first-order chi connectivity index (χ1) is 15.3. The van der Waals surface area contributed by atoms with Gasteiger partial charge in [0.1, 0.15) is 4.21 Å². The van der Waals surface area contributed by atoms with Gasteiger partial charge in [-0.2, -0.15) is 4.31 Å². The summed E-state index contributed by atoms with van der Waals surface area (Å²) in [6.07, 6.45) is 4.62. The quantitative estimate of drug-likeness (QED) is 0.572. The summed E-state index contributed by atoms with van der Waals surface area (Å²) in [6.45, 7) is 4.59. The standard InChI is InChI=1S/C24H31ClN2O3S2/c1-18(21-11-15-27(16-12-21)32(29,30)23-8-7-22(25)31-23)24(28)26-13-9-20(10-14-26)17-19-5-3-2-4-6-19/h2-8,18,20-21H,9-17H2,1H3. The van der Waals surface area contributed by atoms with Crippen molar-refractivity contribution in [2.75, 3.05) is 26.2 Å². The molecule has 1 unspecified atom stereocenters. The van der Waals surface area contributed by atoms with Crippen molar-refractivity contribution in [3.05, 3.63) is 52.4 Å². The van der Waals surface area contributed by atoms with Gasteiger partial charge in [0.05, 0.1) is 4.34 Å². The zero-order chi connectivity index (χ0) is 22.7. The molecule has 0 bridgehead atoms. The monoisotopic (exact) mass is 494 g/mol. The third-order valence-corrected chi connectivity index (χ3v) is 10.6. The lowest BCUT2D eigenvalue weighted by Gasteiger charge is -2.38. The normalized spacial score (nSPS) is 20.4. The molecule has 2 aliphatic heterocycles. The van der Waals surface area contributed by atoms with Crippen molar-refractivity contribution in [3.63, 3.8) is 0 Å². The zero-order valence-electron chi connectivity index (χ0n) is 18.5. The number of hydrogen-bond acceptors (Lipinski definition) is 4. The molecule has 0 N–H and O–H groups in total. The van der Waals surface area contributed by atoms with Crippen LogP contribution in [0.1, 0.15) is 38.2 Å². The molecule has 1 atom stereocenters. The highest BCUT2D eigenvalue weighted by molar-refractivity contribution is 7.91. The molecule has 0 saturated carbocycles. The predicted octanol–water partition coefficient (Wildman–Crippen LogP) is 4.92. The molecule has 1 aromatic heterocycles. The van der Waals surface area contributed by atoms with Crippen molar-refractivity contribution in [2.24, 2.45) is 17.8 Å². The van der Waals surface area contributed by atoms with Crippen LogP contribution < -0.4 is 0 Å². The van der Waals surface area contributed by atoms with Crippen LogP contribution in [0.4, 0.5) is 0 Å². The number of carbonyl (C=O) groups is 1. The summed E-state index contributed by atoms with van der Waals surface area (Å²) >= 11 is 7.02. The summed E-state index contributed by atoms with van der Waals surface area (Å²) in [6, 6.07) is 13.8. The van der Waals surface area contributed by atoms with Gasteiger partial charge >= 0.3 is 0 Å². The molecule has 0 aliphatic carbocycles. The van der Waals surface area contributed by atoms with E-state index >= 15 is 0 Å². The van der Waals surface area contributed by atoms with Crippen molar-refractivity contribution in [1.29, 1.82) is 0 Å². The summed E-state index contributed by atoms with van der Waals surface area (Å²) in [5, 5.41) is 0. The van der Waals surface area contributed by atoms with E-state index in [-0.39, 0.29) is 17.7 Å². The molecule has 8 heteroatoms. The number of piperidine rings is 2. The molecule has 2 saturated heterocycles. The molecule has 32 heavy (non-hydrogen) atoms. The first kappa shape index (κ1) is 23.7. The second-order valence-corrected chi connectivity index (χ2v) is 12.9. The molecule has 4 rings (SSSR count). The molecule has 2 aliphatic rings. The van der Waals surface area contributed by atoms with Crippen LogP contribution in [-0.2, 0) is 21.2 Å². The van der Waals surface area contributed by atoms with E-state index in [1.54, 1.807) is 12.1 Å². The molecular weight excluding hydrogens is 464 g/mol. The molecule has 0 spiro atoms. The number of benzene rings is 1. The van der Waals surface area contributed by atoms with E-state index in [1.807, 2.05) is 17.9 Å². The van der Waals surface area contributed by atoms with Gasteiger partial charge in [0, 0.05) is 32.1 Å². The summed E-state index contributed by atoms with van der Waals surface area (Å²) in [5.41, 5.74) is 1.37. The highest BCUT2D eigenvalue weighted by Gasteiger charge is 2.36. The number of sulfonamides is 1. The maximum Gasteiger partial charge on any atom is 0.252 e. The van der Waals surface area contributed by atoms with Crippen molar-refractivity contribution < 1.29 is 13.2 Å². The van der Waals surface area contributed by atoms with Crippen LogP contribution in [0.5, 0.6) is 0 Å². The molecule has 1 aromatic carbocycles. The Hall–Kier alpha value is -1.41. The summed E-state index contributed by atoms with van der Waals surface area (Å²) in [5.74, 6) is 1.02. The van der Waals surface area contributed by atoms with Crippen molar-refractivity contribution in [1.82, 2.24) is 9.21 Å². The Morgan fingerprint density at radius 3 is 2.28 bits per heavy atom. The molecule has 3 heterocycles. The number of carbonyl (C=O) groups excluding carboxylic acids is 1. The Bertz CT molecular complexity index is 1010. The maximum atomic E-state index is 13.1. The van der Waals surface area contributed by atoms with E-state index < -0.39 is 10.0 Å². The first-order valence-corrected chi connectivity index (χ1v) is 14.1. The number of amides is 1. The fraction of sp³-hybridized carbons (Fsp3) is 0.542. The highest BCUT2D eigenvalue weighted by Crippen LogP contribution is 2.33. The lowest BCUT2D eigenvalue weighted by molar-refractivity contribution is -0.138. The average molecular weight is 495 g/mol. The average Bonchev–Trinajstić information content (AvgIpc) is 3.26. The fourth-order valence-corrected chi connectivity index (χ4v) is 8.08. The van der Waals surface area contributed by atoms with E-state index in [9.17, 15) is 13.2 Å². The molecular formula is C24H31ClN2O3S2. The van der Waals surface area contributed by atoms with E-state index in [0.29, 0.717) is 27.6 Å². The predicted molar refractivity (Wildman–Crippen MR) is 129 cm³/mol. The van der Waals surface area contributed by atoms with Crippen molar-refractivity contribution in [2.45, 2.75) is 43.2 Å². The minimum atomic E-state index is -3.49. The Morgan fingerprint density at radius 1 is 1.03 bits per heavy atom. The smallest absolute Gasteiger partial charge is 0.252 e. The number of likely N-dealkylation sites (tertiary alicyclic amines) is 1. The van der Waals surface area contributed by atoms with Gasteiger partial charge in [-0.25, -0.2) is 8.42 Å². The minimum absolute atomic E-state index is 0.0679. The van der Waals surface area contributed by atoms with E-state index in [1.165, 1.54) is 9.87 Å². The van der Waals surface area contributed by atoms with Gasteiger partial charge < -0.3 is 4.90 Å². The van der Waals surface area contributed by atoms with Gasteiger partial charge in [-0.1, -0.05) is 48.9 Å². The van der Waals surface area contributed by atoms with Gasteiger partial charge in [-0.05, 0) is 61.6 Å². The van der Waals surface area contributed by atoms with Crippen LogP contribution in [0.2, 0.25) is 4.34 Å². The van der Waals surface area contributed by atoms with Gasteiger partial charge in [0.25, 0.3) is 10.0 Å². The summed E-state index contributed by atoms with van der Waals surface area (Å²) < 4.78 is 28.0. The lowest BCUT2D eigenvalue weighted by atomic mass is 9.84. The molecule has 0 radical (unpaired) electrons. The van der Waals surface area contributed by atoms with Gasteiger partial charge in [-0.15, -0.1) is 11.3 Å². The minimum Gasteiger partial charge on any atom is -0.342 e. The number of hydrogen-bond donors (Lipinski definition) is 0. The molecule has 2 aromatic rings. The Labute approximate surface area is 200 Å². The van der Waals surface area contributed by atoms with Crippen LogP contribution in [0.3, 0.4) is 0 Å². The van der Waals surface area contributed by atoms with Gasteiger partial charge in [0.2, 0.25) is 5.91 Å². The maximum absolute atomic E-state index is 13.1. The second kappa shape index (κ2) is 10.2. The van der Waals surface area contributed by atoms with Crippen LogP contribution in [-0.4, -0.2) is 49.7 Å². The molecule has 2 fully saturated rings. The van der Waals surface area contributed by atoms with Crippen LogP contribution in [0.15, 0.2) is 46.7 Å². The van der Waals surface area contributed by atoms with Gasteiger partial charge in [-0.3, -0.25) is 4.79 Å². The van der Waals surface area contributed by atoms with Crippen LogP contribution in [0.25, 0.3) is 0 Å². The highest BCUT2D eigenvalue weighted by atomic mass is 35.5. The number of rotatable bonds is 6. The van der Waals surface area contributed by atoms with E-state index in [4.69, 9.17) is 11.6 Å². The van der Waals surface area contributed by atoms with Crippen molar-refractivity contribution in [3.8, 4) is 0 Å². The topological polar surface area (TPSA) is 57.7 Å². The SMILES string of the molecule is CC(C(=O)N1CCC(Cc2ccccc2)CC1)C1CCN(S(=O)(=O)c2ccc(Cl)s2)CC1. The van der Waals surface area contributed by atoms with E-state index in [2.05, 4.69) is 24.3 Å². The van der Waals surface area contributed by atoms with Crippen molar-refractivity contribution >= 4 is 38.9 Å². The largest absolute Gasteiger partial charge is 0.342 e. The number of nitrogens with zero attached hydrogens (tertiary/aromatic N) is 2. The summed E-state index contributed by atoms with van der Waals surface area (Å²) in [4.78, 5) is 15.2. The third kappa shape index (κ3) is 5.38. The molecule has 174 valence electrons. The Balaban J connectivity index is 1.26. The Morgan fingerprint density at radius 2 is 1.69 bits per heavy atom. The number of thiophene rings is 1. The third-order valence-electron chi connectivity index (χ3n) is 7.03. The molecule has 1 amide bonds. The lowest BCUT2D eigenvalue weighted by Crippen LogP contribution is -2.46.